The fourth-order valence-electron chi connectivity index (χ4n) is 1.89. The van der Waals surface area contributed by atoms with Crippen molar-refractivity contribution in [1.29, 1.82) is 0 Å². The average molecular weight is 303 g/mol. The number of nitrogens with one attached hydrogen (secondary N) is 2. The molecule has 0 aromatic heterocycles. The van der Waals surface area contributed by atoms with E-state index in [2.05, 4.69) is 10.6 Å². The maximum absolute atomic E-state index is 11.9. The summed E-state index contributed by atoms with van der Waals surface area (Å²) in [6.45, 7) is 1.42. The van der Waals surface area contributed by atoms with E-state index in [0.29, 0.717) is 22.3 Å². The van der Waals surface area contributed by atoms with Gasteiger partial charge >= 0.3 is 0 Å². The van der Waals surface area contributed by atoms with Crippen molar-refractivity contribution in [2.75, 3.05) is 18.4 Å². The zero-order valence-corrected chi connectivity index (χ0v) is 11.6. The van der Waals surface area contributed by atoms with E-state index >= 15 is 0 Å². The minimum absolute atomic E-state index is 0.106. The molecule has 2 rings (SSSR count). The number of hydrogen-bond acceptors (Lipinski definition) is 2. The van der Waals surface area contributed by atoms with Crippen molar-refractivity contribution in [2.45, 2.75) is 12.5 Å². The average Bonchev–Trinajstić information content (AvgIpc) is 2.37. The molecule has 1 aromatic carbocycles. The summed E-state index contributed by atoms with van der Waals surface area (Å²) in [6, 6.07) is 4.44. The second-order valence-electron chi connectivity index (χ2n) is 4.30. The van der Waals surface area contributed by atoms with Crippen LogP contribution >= 0.6 is 23.2 Å². The normalized spacial score (nSPS) is 18.8. The fraction of sp³-hybridized carbons (Fsp3) is 0.333. The van der Waals surface area contributed by atoms with Crippen LogP contribution in [0.15, 0.2) is 18.2 Å². The Balaban J connectivity index is 1.97. The van der Waals surface area contributed by atoms with Crippen LogP contribution < -0.4 is 16.0 Å². The van der Waals surface area contributed by atoms with Gasteiger partial charge in [0.15, 0.2) is 6.04 Å². The molecule has 0 spiro atoms. The smallest absolute Gasteiger partial charge is 0.278 e. The van der Waals surface area contributed by atoms with Crippen LogP contribution in [0.5, 0.6) is 0 Å². The third kappa shape index (κ3) is 3.83. The first kappa shape index (κ1) is 14.1. The molecule has 1 saturated heterocycles. The van der Waals surface area contributed by atoms with E-state index in [0.717, 1.165) is 6.54 Å². The summed E-state index contributed by atoms with van der Waals surface area (Å²) in [7, 11) is 0. The third-order valence-corrected chi connectivity index (χ3v) is 3.40. The number of anilines is 1. The second-order valence-corrected chi connectivity index (χ2v) is 5.14. The molecule has 0 saturated carbocycles. The number of quaternary nitrogens is 1. The maximum Gasteiger partial charge on any atom is 0.278 e. The van der Waals surface area contributed by atoms with E-state index in [4.69, 9.17) is 23.2 Å². The summed E-state index contributed by atoms with van der Waals surface area (Å²) in [6.07, 6.45) is 0.106. The molecule has 0 bridgehead atoms. The standard InChI is InChI=1S/C12H13Cl2N3O2/c13-7-1-2-8(14)9(5-7)17-11(18)6-10-12(19)16-4-3-15-10/h1-2,5,10,15H,3-4,6H2,(H,16,19)(H,17,18)/p+1/t10-/m0/s1. The van der Waals surface area contributed by atoms with Gasteiger partial charge < -0.3 is 16.0 Å². The number of amides is 2. The molecule has 1 aromatic rings. The van der Waals surface area contributed by atoms with Crippen molar-refractivity contribution in [1.82, 2.24) is 5.32 Å². The first-order valence-corrected chi connectivity index (χ1v) is 6.68. The van der Waals surface area contributed by atoms with Gasteiger partial charge in [-0.15, -0.1) is 0 Å². The summed E-state index contributed by atoms with van der Waals surface area (Å²) < 4.78 is 0. The van der Waals surface area contributed by atoms with E-state index in [9.17, 15) is 9.59 Å². The first-order valence-electron chi connectivity index (χ1n) is 5.92. The molecule has 1 aliphatic heterocycles. The first-order chi connectivity index (χ1) is 9.06. The number of benzene rings is 1. The van der Waals surface area contributed by atoms with Gasteiger partial charge in [0.1, 0.15) is 0 Å². The molecule has 1 fully saturated rings. The third-order valence-electron chi connectivity index (χ3n) is 2.84. The van der Waals surface area contributed by atoms with Gasteiger partial charge in [0.05, 0.1) is 30.2 Å². The predicted octanol–water partition coefficient (Wildman–Crippen LogP) is 0.384. The Morgan fingerprint density at radius 2 is 2.26 bits per heavy atom. The van der Waals surface area contributed by atoms with E-state index in [1.54, 1.807) is 18.2 Å². The molecule has 1 heterocycles. The van der Waals surface area contributed by atoms with E-state index in [1.165, 1.54) is 0 Å². The lowest BCUT2D eigenvalue weighted by molar-refractivity contribution is -0.678. The number of hydrogen-bond donors (Lipinski definition) is 3. The molecule has 1 aliphatic rings. The molecule has 7 heteroatoms. The highest BCUT2D eigenvalue weighted by Gasteiger charge is 2.27. The van der Waals surface area contributed by atoms with E-state index in [1.807, 2.05) is 5.32 Å². The lowest BCUT2D eigenvalue weighted by Gasteiger charge is -2.19. The lowest BCUT2D eigenvalue weighted by atomic mass is 10.1. The van der Waals surface area contributed by atoms with Gasteiger partial charge in [-0.25, -0.2) is 0 Å². The SMILES string of the molecule is O=C(C[C@@H]1[NH2+]CCNC1=O)Nc1cc(Cl)ccc1Cl. The second kappa shape index (κ2) is 6.23. The highest BCUT2D eigenvalue weighted by Crippen LogP contribution is 2.25. The minimum Gasteiger partial charge on any atom is -0.345 e. The van der Waals surface area contributed by atoms with Crippen LogP contribution in [0.1, 0.15) is 6.42 Å². The quantitative estimate of drug-likeness (QED) is 0.755. The number of carbonyl (C=O) groups excluding carboxylic acids is 2. The molecule has 0 aliphatic carbocycles. The number of piperazine rings is 1. The van der Waals surface area contributed by atoms with Crippen molar-refractivity contribution in [3.05, 3.63) is 28.2 Å². The van der Waals surface area contributed by atoms with Crippen LogP contribution in [-0.4, -0.2) is 30.9 Å². The van der Waals surface area contributed by atoms with Crippen LogP contribution in [0.25, 0.3) is 0 Å². The van der Waals surface area contributed by atoms with Crippen LogP contribution in [0.2, 0.25) is 10.0 Å². The summed E-state index contributed by atoms with van der Waals surface area (Å²) >= 11 is 11.8. The number of nitrogens with two attached hydrogens (primary N) is 1. The van der Waals surface area contributed by atoms with Gasteiger partial charge in [0, 0.05) is 5.02 Å². The van der Waals surface area contributed by atoms with Crippen molar-refractivity contribution < 1.29 is 14.9 Å². The highest BCUT2D eigenvalue weighted by atomic mass is 35.5. The highest BCUT2D eigenvalue weighted by molar-refractivity contribution is 6.35. The number of carbonyl (C=O) groups is 2. The van der Waals surface area contributed by atoms with Crippen molar-refractivity contribution in [2.24, 2.45) is 0 Å². The number of rotatable bonds is 3. The molecule has 4 N–H and O–H groups in total. The Labute approximate surface area is 120 Å². The largest absolute Gasteiger partial charge is 0.345 e. The van der Waals surface area contributed by atoms with E-state index in [-0.39, 0.29) is 24.3 Å². The Kier molecular flexibility index (Phi) is 4.63. The Hall–Kier alpha value is -1.30. The molecular weight excluding hydrogens is 289 g/mol. The molecule has 2 amide bonds. The van der Waals surface area contributed by atoms with E-state index < -0.39 is 0 Å². The van der Waals surface area contributed by atoms with Gasteiger partial charge in [0.25, 0.3) is 5.91 Å². The molecule has 0 radical (unpaired) electrons. The predicted molar refractivity (Wildman–Crippen MR) is 73.3 cm³/mol. The zero-order valence-electron chi connectivity index (χ0n) is 10.1. The van der Waals surface area contributed by atoms with Gasteiger partial charge in [-0.05, 0) is 18.2 Å². The van der Waals surface area contributed by atoms with Crippen LogP contribution in [0.3, 0.4) is 0 Å². The lowest BCUT2D eigenvalue weighted by Crippen LogP contribution is -2.96. The van der Waals surface area contributed by atoms with Gasteiger partial charge in [0.2, 0.25) is 5.91 Å². The van der Waals surface area contributed by atoms with Crippen molar-refractivity contribution in [3.63, 3.8) is 0 Å². The van der Waals surface area contributed by atoms with Crippen molar-refractivity contribution in [3.8, 4) is 0 Å². The van der Waals surface area contributed by atoms with Crippen LogP contribution in [-0.2, 0) is 9.59 Å². The monoisotopic (exact) mass is 302 g/mol. The topological polar surface area (TPSA) is 74.8 Å². The number of halogens is 2. The molecule has 0 unspecified atom stereocenters. The Bertz CT molecular complexity index is 508. The molecule has 19 heavy (non-hydrogen) atoms. The zero-order chi connectivity index (χ0) is 13.8. The van der Waals surface area contributed by atoms with Gasteiger partial charge in [-0.2, -0.15) is 0 Å². The summed E-state index contributed by atoms with van der Waals surface area (Å²) in [5.41, 5.74) is 0.454. The molecule has 1 atom stereocenters. The molecule has 5 nitrogen and oxygen atoms in total. The van der Waals surface area contributed by atoms with Gasteiger partial charge in [-0.1, -0.05) is 23.2 Å². The van der Waals surface area contributed by atoms with Crippen LogP contribution in [0, 0.1) is 0 Å². The molecular formula is C12H14Cl2N3O2+. The molecule has 102 valence electrons. The van der Waals surface area contributed by atoms with Gasteiger partial charge in [-0.3, -0.25) is 9.59 Å². The summed E-state index contributed by atoms with van der Waals surface area (Å²) in [5.74, 6) is -0.374. The summed E-state index contributed by atoms with van der Waals surface area (Å²) in [5, 5.41) is 8.15. The van der Waals surface area contributed by atoms with Crippen molar-refractivity contribution >= 4 is 40.7 Å². The minimum atomic E-state index is -0.383. The fourth-order valence-corrected chi connectivity index (χ4v) is 2.23. The Morgan fingerprint density at radius 3 is 3.00 bits per heavy atom. The summed E-state index contributed by atoms with van der Waals surface area (Å²) in [4.78, 5) is 23.4. The maximum atomic E-state index is 11.9. The Morgan fingerprint density at radius 1 is 1.47 bits per heavy atom. The van der Waals surface area contributed by atoms with Crippen LogP contribution in [0.4, 0.5) is 5.69 Å².